The lowest BCUT2D eigenvalue weighted by molar-refractivity contribution is -0.136. The van der Waals surface area contributed by atoms with Crippen molar-refractivity contribution in [1.29, 1.82) is 0 Å². The molecule has 0 heterocycles. The van der Waals surface area contributed by atoms with Crippen LogP contribution in [0.3, 0.4) is 0 Å². The van der Waals surface area contributed by atoms with Crippen LogP contribution in [0.1, 0.15) is 15.9 Å². The minimum atomic E-state index is -4.51. The molecule has 0 unspecified atom stereocenters. The maximum Gasteiger partial charge on any atom is 0.418 e. The maximum absolute atomic E-state index is 13.0. The van der Waals surface area contributed by atoms with E-state index in [1.165, 1.54) is 31.4 Å². The molecule has 24 heavy (non-hydrogen) atoms. The third-order valence-electron chi connectivity index (χ3n) is 3.06. The van der Waals surface area contributed by atoms with Gasteiger partial charge in [0, 0.05) is 0 Å². The van der Waals surface area contributed by atoms with E-state index in [-0.39, 0.29) is 16.4 Å². The van der Waals surface area contributed by atoms with Gasteiger partial charge in [-0.1, -0.05) is 24.3 Å². The smallest absolute Gasteiger partial charge is 0.418 e. The van der Waals surface area contributed by atoms with Gasteiger partial charge in [0.25, 0.3) is 0 Å². The molecule has 0 saturated heterocycles. The third-order valence-corrected chi connectivity index (χ3v) is 3.27. The van der Waals surface area contributed by atoms with E-state index in [0.29, 0.717) is 5.69 Å². The number of alkyl halides is 3. The van der Waals surface area contributed by atoms with E-state index in [0.717, 1.165) is 6.07 Å². The molecular weight excluding hydrogens is 341 g/mol. The van der Waals surface area contributed by atoms with Crippen molar-refractivity contribution in [2.24, 2.45) is 0 Å². The van der Waals surface area contributed by atoms with Crippen molar-refractivity contribution in [3.05, 3.63) is 59.7 Å². The van der Waals surface area contributed by atoms with E-state index >= 15 is 0 Å². The molecule has 0 spiro atoms. The lowest BCUT2D eigenvalue weighted by Gasteiger charge is -2.16. The second-order valence-electron chi connectivity index (χ2n) is 4.66. The number of hydrogen-bond donors (Lipinski definition) is 2. The fourth-order valence-corrected chi connectivity index (χ4v) is 2.22. The molecule has 2 aromatic rings. The van der Waals surface area contributed by atoms with Gasteiger partial charge in [0.15, 0.2) is 5.11 Å². The number of methoxy groups -OCH3 is 1. The Balaban J connectivity index is 2.20. The van der Waals surface area contributed by atoms with Crippen LogP contribution < -0.4 is 10.6 Å². The Labute approximate surface area is 141 Å². The molecular formula is C16H13F3N2O2S. The summed E-state index contributed by atoms with van der Waals surface area (Å²) in [5.41, 5.74) is -0.479. The summed E-state index contributed by atoms with van der Waals surface area (Å²) in [4.78, 5) is 11.7. The minimum Gasteiger partial charge on any atom is -0.465 e. The first-order valence-corrected chi connectivity index (χ1v) is 7.15. The number of para-hydroxylation sites is 2. The Hall–Kier alpha value is -2.61. The van der Waals surface area contributed by atoms with Gasteiger partial charge in [-0.2, -0.15) is 13.2 Å². The highest BCUT2D eigenvalue weighted by Crippen LogP contribution is 2.34. The summed E-state index contributed by atoms with van der Waals surface area (Å²) in [6, 6.07) is 11.3. The summed E-state index contributed by atoms with van der Waals surface area (Å²) in [5.74, 6) is -0.586. The van der Waals surface area contributed by atoms with Gasteiger partial charge in [-0.25, -0.2) is 4.79 Å². The Kier molecular flexibility index (Phi) is 5.40. The van der Waals surface area contributed by atoms with Crippen LogP contribution in [-0.2, 0) is 10.9 Å². The number of rotatable bonds is 3. The van der Waals surface area contributed by atoms with Crippen LogP contribution >= 0.6 is 12.2 Å². The second kappa shape index (κ2) is 7.31. The van der Waals surface area contributed by atoms with E-state index in [1.54, 1.807) is 18.2 Å². The predicted molar refractivity (Wildman–Crippen MR) is 89.1 cm³/mol. The number of thiocarbonyl (C=S) groups is 1. The van der Waals surface area contributed by atoms with Gasteiger partial charge in [-0.15, -0.1) is 0 Å². The number of esters is 1. The van der Waals surface area contributed by atoms with Gasteiger partial charge in [0.2, 0.25) is 0 Å². The summed E-state index contributed by atoms with van der Waals surface area (Å²) in [6.07, 6.45) is -4.51. The molecule has 0 radical (unpaired) electrons. The highest BCUT2D eigenvalue weighted by Gasteiger charge is 2.33. The molecule has 0 fully saturated rings. The zero-order chi connectivity index (χ0) is 17.7. The predicted octanol–water partition coefficient (Wildman–Crippen LogP) is 4.30. The van der Waals surface area contributed by atoms with Gasteiger partial charge < -0.3 is 15.4 Å². The molecule has 2 rings (SSSR count). The number of halogens is 3. The largest absolute Gasteiger partial charge is 0.465 e. The van der Waals surface area contributed by atoms with Crippen LogP contribution in [0.4, 0.5) is 24.5 Å². The number of carbonyl (C=O) groups excluding carboxylic acids is 1. The molecule has 0 aliphatic rings. The van der Waals surface area contributed by atoms with E-state index in [1.807, 2.05) is 0 Å². The van der Waals surface area contributed by atoms with E-state index in [2.05, 4.69) is 15.4 Å². The number of hydrogen-bond acceptors (Lipinski definition) is 3. The van der Waals surface area contributed by atoms with Crippen LogP contribution in [0.25, 0.3) is 0 Å². The minimum absolute atomic E-state index is 0.0805. The standard InChI is InChI=1S/C16H13F3N2O2S/c1-23-14(22)10-6-2-4-8-12(10)20-15(24)21-13-9-5-3-7-11(13)16(17,18)19/h2-9H,1H3,(H2,20,21,24). The molecule has 0 saturated carbocycles. The van der Waals surface area contributed by atoms with Crippen molar-refractivity contribution in [1.82, 2.24) is 0 Å². The fraction of sp³-hybridized carbons (Fsp3) is 0.125. The lowest BCUT2D eigenvalue weighted by atomic mass is 10.1. The van der Waals surface area contributed by atoms with Gasteiger partial charge in [-0.3, -0.25) is 0 Å². The summed E-state index contributed by atoms with van der Waals surface area (Å²) in [6.45, 7) is 0. The van der Waals surface area contributed by atoms with Crippen molar-refractivity contribution in [2.75, 3.05) is 17.7 Å². The molecule has 0 bridgehead atoms. The summed E-state index contributed by atoms with van der Waals surface area (Å²) in [7, 11) is 1.23. The normalized spacial score (nSPS) is 10.8. The van der Waals surface area contributed by atoms with Crippen LogP contribution in [-0.4, -0.2) is 18.2 Å². The average molecular weight is 354 g/mol. The van der Waals surface area contributed by atoms with Gasteiger partial charge in [0.1, 0.15) is 0 Å². The molecule has 4 nitrogen and oxygen atoms in total. The maximum atomic E-state index is 13.0. The molecule has 2 N–H and O–H groups in total. The van der Waals surface area contributed by atoms with Crippen LogP contribution in [0.15, 0.2) is 48.5 Å². The van der Waals surface area contributed by atoms with Crippen LogP contribution in [0, 0.1) is 0 Å². The molecule has 8 heteroatoms. The fourth-order valence-electron chi connectivity index (χ4n) is 2.00. The Morgan fingerprint density at radius 2 is 1.54 bits per heavy atom. The Morgan fingerprint density at radius 1 is 1.00 bits per heavy atom. The summed E-state index contributed by atoms with van der Waals surface area (Å²) >= 11 is 5.04. The van der Waals surface area contributed by atoms with Crippen LogP contribution in [0.2, 0.25) is 0 Å². The first kappa shape index (κ1) is 17.7. The molecule has 2 aromatic carbocycles. The quantitative estimate of drug-likeness (QED) is 0.636. The molecule has 126 valence electrons. The lowest BCUT2D eigenvalue weighted by Crippen LogP contribution is -2.22. The Morgan fingerprint density at radius 3 is 2.17 bits per heavy atom. The number of nitrogens with one attached hydrogen (secondary N) is 2. The van der Waals surface area contributed by atoms with E-state index < -0.39 is 17.7 Å². The first-order valence-electron chi connectivity index (χ1n) is 6.74. The number of ether oxygens (including phenoxy) is 1. The van der Waals surface area contributed by atoms with Crippen LogP contribution in [0.5, 0.6) is 0 Å². The van der Waals surface area contributed by atoms with Crippen molar-refractivity contribution in [3.8, 4) is 0 Å². The monoisotopic (exact) mass is 354 g/mol. The second-order valence-corrected chi connectivity index (χ2v) is 5.07. The molecule has 0 atom stereocenters. The van der Waals surface area contributed by atoms with E-state index in [9.17, 15) is 18.0 Å². The van der Waals surface area contributed by atoms with Crippen molar-refractivity contribution >= 4 is 34.7 Å². The van der Waals surface area contributed by atoms with Crippen molar-refractivity contribution < 1.29 is 22.7 Å². The molecule has 0 amide bonds. The summed E-state index contributed by atoms with van der Waals surface area (Å²) in [5, 5.41) is 5.12. The average Bonchev–Trinajstić information content (AvgIpc) is 2.54. The Bertz CT molecular complexity index is 763. The van der Waals surface area contributed by atoms with Crippen molar-refractivity contribution in [2.45, 2.75) is 6.18 Å². The summed E-state index contributed by atoms with van der Waals surface area (Å²) < 4.78 is 43.6. The topological polar surface area (TPSA) is 50.4 Å². The molecule has 0 aromatic heterocycles. The SMILES string of the molecule is COC(=O)c1ccccc1NC(=S)Nc1ccccc1C(F)(F)F. The zero-order valence-electron chi connectivity index (χ0n) is 12.5. The van der Waals surface area contributed by atoms with Gasteiger partial charge in [-0.05, 0) is 36.5 Å². The van der Waals surface area contributed by atoms with Gasteiger partial charge >= 0.3 is 12.1 Å². The van der Waals surface area contributed by atoms with Crippen molar-refractivity contribution in [3.63, 3.8) is 0 Å². The highest BCUT2D eigenvalue weighted by atomic mass is 32.1. The third kappa shape index (κ3) is 4.23. The number of anilines is 2. The van der Waals surface area contributed by atoms with E-state index in [4.69, 9.17) is 12.2 Å². The first-order chi connectivity index (χ1) is 11.3. The van der Waals surface area contributed by atoms with Gasteiger partial charge in [0.05, 0.1) is 29.6 Å². The number of benzene rings is 2. The molecule has 0 aliphatic carbocycles. The number of carbonyl (C=O) groups is 1. The highest BCUT2D eigenvalue weighted by molar-refractivity contribution is 7.80. The zero-order valence-corrected chi connectivity index (χ0v) is 13.3. The molecule has 0 aliphatic heterocycles.